The van der Waals surface area contributed by atoms with Crippen molar-refractivity contribution in [2.45, 2.75) is 58.3 Å². The second-order valence-electron chi connectivity index (χ2n) is 5.44. The Morgan fingerprint density at radius 3 is 2.67 bits per heavy atom. The predicted octanol–water partition coefficient (Wildman–Crippen LogP) is 2.60. The Hall–Kier alpha value is -0.410. The number of hydrogen-bond donors (Lipinski definition) is 1. The molecule has 1 aliphatic heterocycles. The summed E-state index contributed by atoms with van der Waals surface area (Å²) in [6, 6.07) is 0. The highest BCUT2D eigenvalue weighted by Crippen LogP contribution is 2.07. The number of nitrogens with zero attached hydrogens (tertiary/aromatic N) is 1. The molecule has 0 radical (unpaired) electrons. The largest absolute Gasteiger partial charge is 0.315 e. The van der Waals surface area contributed by atoms with E-state index in [9.17, 15) is 4.79 Å². The van der Waals surface area contributed by atoms with E-state index < -0.39 is 0 Å². The smallest absolute Gasteiger partial charge is 0.146 e. The van der Waals surface area contributed by atoms with Gasteiger partial charge in [0.25, 0.3) is 0 Å². The molecule has 18 heavy (non-hydrogen) atoms. The molecule has 1 aliphatic rings. The lowest BCUT2D eigenvalue weighted by molar-refractivity contribution is -0.120. The Kier molecular flexibility index (Phi) is 9.13. The molecule has 0 spiro atoms. The summed E-state index contributed by atoms with van der Waals surface area (Å²) in [6.07, 6.45) is 9.55. The van der Waals surface area contributed by atoms with Gasteiger partial charge in [-0.1, -0.05) is 39.0 Å². The van der Waals surface area contributed by atoms with E-state index in [0.717, 1.165) is 39.0 Å². The zero-order valence-electron chi connectivity index (χ0n) is 12.0. The van der Waals surface area contributed by atoms with E-state index in [1.807, 2.05) is 0 Å². The van der Waals surface area contributed by atoms with Crippen LogP contribution in [0.2, 0.25) is 0 Å². The Balaban J connectivity index is 1.98. The minimum atomic E-state index is 0.437. The highest BCUT2D eigenvalue weighted by Gasteiger charge is 2.12. The van der Waals surface area contributed by atoms with Gasteiger partial charge in [0, 0.05) is 19.5 Å². The molecular formula is C15H30N2O. The van der Waals surface area contributed by atoms with Gasteiger partial charge < -0.3 is 5.32 Å². The van der Waals surface area contributed by atoms with E-state index in [1.165, 1.54) is 38.5 Å². The van der Waals surface area contributed by atoms with Gasteiger partial charge in [-0.3, -0.25) is 9.69 Å². The second-order valence-corrected chi connectivity index (χ2v) is 5.44. The first-order valence-electron chi connectivity index (χ1n) is 7.77. The number of nitrogens with one attached hydrogen (secondary N) is 1. The van der Waals surface area contributed by atoms with Crippen molar-refractivity contribution in [3.8, 4) is 0 Å². The third kappa shape index (κ3) is 7.83. The molecule has 1 heterocycles. The average Bonchev–Trinajstić information content (AvgIpc) is 2.62. The fraction of sp³-hybridized carbons (Fsp3) is 0.933. The maximum Gasteiger partial charge on any atom is 0.146 e. The summed E-state index contributed by atoms with van der Waals surface area (Å²) in [4.78, 5) is 14.2. The van der Waals surface area contributed by atoms with E-state index in [1.54, 1.807) is 0 Å². The topological polar surface area (TPSA) is 32.3 Å². The highest BCUT2D eigenvalue weighted by molar-refractivity contribution is 5.80. The molecule has 0 aromatic rings. The second kappa shape index (κ2) is 10.5. The molecule has 1 fully saturated rings. The molecule has 0 aliphatic carbocycles. The van der Waals surface area contributed by atoms with Crippen LogP contribution >= 0.6 is 0 Å². The quantitative estimate of drug-likeness (QED) is 0.642. The standard InChI is InChI=1S/C15H30N2O/c1-2-3-4-5-6-7-9-15(18)14-17-12-8-10-16-11-13-17/h16H,2-14H2,1H3. The maximum atomic E-state index is 11.9. The normalized spacial score (nSPS) is 17.6. The van der Waals surface area contributed by atoms with Crippen molar-refractivity contribution < 1.29 is 4.79 Å². The van der Waals surface area contributed by atoms with Crippen molar-refractivity contribution in [3.05, 3.63) is 0 Å². The number of hydrogen-bond acceptors (Lipinski definition) is 3. The zero-order valence-corrected chi connectivity index (χ0v) is 12.0. The zero-order chi connectivity index (χ0) is 13.1. The lowest BCUT2D eigenvalue weighted by atomic mass is 10.1. The molecule has 1 saturated heterocycles. The number of ketones is 1. The monoisotopic (exact) mass is 254 g/mol. The van der Waals surface area contributed by atoms with Crippen molar-refractivity contribution >= 4 is 5.78 Å². The van der Waals surface area contributed by atoms with Crippen LogP contribution < -0.4 is 5.32 Å². The molecule has 3 nitrogen and oxygen atoms in total. The van der Waals surface area contributed by atoms with Gasteiger partial charge in [-0.2, -0.15) is 0 Å². The van der Waals surface area contributed by atoms with Crippen LogP contribution in [-0.4, -0.2) is 43.4 Å². The Morgan fingerprint density at radius 1 is 1.06 bits per heavy atom. The number of Topliss-reactive ketones (excluding diaryl/α,β-unsaturated/α-hetero) is 1. The molecule has 0 saturated carbocycles. The number of carbonyl (C=O) groups is 1. The average molecular weight is 254 g/mol. The van der Waals surface area contributed by atoms with Crippen LogP contribution in [0.4, 0.5) is 0 Å². The van der Waals surface area contributed by atoms with Gasteiger partial charge in [-0.25, -0.2) is 0 Å². The minimum Gasteiger partial charge on any atom is -0.315 e. The molecule has 1 rings (SSSR count). The summed E-state index contributed by atoms with van der Waals surface area (Å²) in [6.45, 7) is 7.15. The van der Waals surface area contributed by atoms with Gasteiger partial charge >= 0.3 is 0 Å². The molecule has 0 aromatic carbocycles. The van der Waals surface area contributed by atoms with E-state index in [2.05, 4.69) is 17.1 Å². The molecular weight excluding hydrogens is 224 g/mol. The lowest BCUT2D eigenvalue weighted by Gasteiger charge is -2.18. The van der Waals surface area contributed by atoms with Crippen molar-refractivity contribution in [2.24, 2.45) is 0 Å². The number of rotatable bonds is 9. The van der Waals surface area contributed by atoms with Gasteiger partial charge in [0.2, 0.25) is 0 Å². The highest BCUT2D eigenvalue weighted by atomic mass is 16.1. The molecule has 0 bridgehead atoms. The predicted molar refractivity (Wildman–Crippen MR) is 76.9 cm³/mol. The van der Waals surface area contributed by atoms with Crippen LogP contribution in [0.1, 0.15) is 58.3 Å². The molecule has 0 atom stereocenters. The first kappa shape index (κ1) is 15.6. The summed E-state index contributed by atoms with van der Waals surface area (Å²) < 4.78 is 0. The van der Waals surface area contributed by atoms with Gasteiger partial charge in [0.15, 0.2) is 0 Å². The minimum absolute atomic E-state index is 0.437. The molecule has 3 heteroatoms. The molecule has 106 valence electrons. The summed E-state index contributed by atoms with van der Waals surface area (Å²) >= 11 is 0. The molecule has 0 amide bonds. The fourth-order valence-corrected chi connectivity index (χ4v) is 2.49. The molecule has 1 N–H and O–H groups in total. The van der Waals surface area contributed by atoms with Crippen LogP contribution in [0, 0.1) is 0 Å². The van der Waals surface area contributed by atoms with Crippen molar-refractivity contribution in [2.75, 3.05) is 32.7 Å². The van der Waals surface area contributed by atoms with Crippen molar-refractivity contribution in [1.82, 2.24) is 10.2 Å². The summed E-state index contributed by atoms with van der Waals surface area (Å²) in [5.41, 5.74) is 0. The third-order valence-corrected chi connectivity index (χ3v) is 3.64. The number of unbranched alkanes of at least 4 members (excludes halogenated alkanes) is 5. The van der Waals surface area contributed by atoms with Crippen LogP contribution in [0.15, 0.2) is 0 Å². The summed E-state index contributed by atoms with van der Waals surface area (Å²) in [5.74, 6) is 0.437. The van der Waals surface area contributed by atoms with Gasteiger partial charge in [0.05, 0.1) is 6.54 Å². The van der Waals surface area contributed by atoms with E-state index >= 15 is 0 Å². The first-order chi connectivity index (χ1) is 8.83. The Labute approximate surface area is 112 Å². The third-order valence-electron chi connectivity index (χ3n) is 3.64. The van der Waals surface area contributed by atoms with E-state index in [4.69, 9.17) is 0 Å². The van der Waals surface area contributed by atoms with Gasteiger partial charge in [0.1, 0.15) is 5.78 Å². The molecule has 0 aromatic heterocycles. The first-order valence-corrected chi connectivity index (χ1v) is 7.77. The summed E-state index contributed by atoms with van der Waals surface area (Å²) in [5, 5.41) is 3.37. The molecule has 0 unspecified atom stereocenters. The number of carbonyl (C=O) groups excluding carboxylic acids is 1. The summed E-state index contributed by atoms with van der Waals surface area (Å²) in [7, 11) is 0. The van der Waals surface area contributed by atoms with E-state index in [-0.39, 0.29) is 0 Å². The Morgan fingerprint density at radius 2 is 1.83 bits per heavy atom. The van der Waals surface area contributed by atoms with E-state index in [0.29, 0.717) is 12.3 Å². The van der Waals surface area contributed by atoms with Crippen LogP contribution in [0.25, 0.3) is 0 Å². The SMILES string of the molecule is CCCCCCCCC(=O)CN1CCCNCC1. The lowest BCUT2D eigenvalue weighted by Crippen LogP contribution is -2.33. The van der Waals surface area contributed by atoms with Crippen LogP contribution in [0.3, 0.4) is 0 Å². The van der Waals surface area contributed by atoms with Crippen molar-refractivity contribution in [1.29, 1.82) is 0 Å². The van der Waals surface area contributed by atoms with Gasteiger partial charge in [-0.05, 0) is 25.9 Å². The van der Waals surface area contributed by atoms with Crippen molar-refractivity contribution in [3.63, 3.8) is 0 Å². The van der Waals surface area contributed by atoms with Crippen LogP contribution in [-0.2, 0) is 4.79 Å². The maximum absolute atomic E-state index is 11.9. The Bertz CT molecular complexity index is 211. The van der Waals surface area contributed by atoms with Gasteiger partial charge in [-0.15, -0.1) is 0 Å². The fourth-order valence-electron chi connectivity index (χ4n) is 2.49. The van der Waals surface area contributed by atoms with Crippen LogP contribution in [0.5, 0.6) is 0 Å².